The van der Waals surface area contributed by atoms with Crippen molar-refractivity contribution in [3.63, 3.8) is 0 Å². The van der Waals surface area contributed by atoms with E-state index in [1.165, 1.54) is 23.5 Å². The average molecular weight is 527 g/mol. The SMILES string of the molecule is C=CC(=O)N1CC2(CCN(c3nc4cc(-c5scnc5CO)cnc4c(-c4ccccc4F)c3C#N)C2)C1. The Bertz CT molecular complexity index is 1640. The second-order valence-electron chi connectivity index (χ2n) is 9.73. The monoisotopic (exact) mass is 526 g/mol. The molecule has 0 bridgehead atoms. The first kappa shape index (κ1) is 24.2. The number of pyridine rings is 2. The summed E-state index contributed by atoms with van der Waals surface area (Å²) in [6, 6.07) is 10.5. The molecular formula is C28H23FN6O2S. The zero-order valence-electron chi connectivity index (χ0n) is 20.4. The van der Waals surface area contributed by atoms with Gasteiger partial charge in [-0.1, -0.05) is 24.8 Å². The minimum absolute atomic E-state index is 0.0705. The van der Waals surface area contributed by atoms with E-state index in [2.05, 4.69) is 27.5 Å². The Morgan fingerprint density at radius 2 is 2.11 bits per heavy atom. The quantitative estimate of drug-likeness (QED) is 0.390. The van der Waals surface area contributed by atoms with Gasteiger partial charge in [-0.25, -0.2) is 14.4 Å². The smallest absolute Gasteiger partial charge is 0.245 e. The molecule has 1 spiro atoms. The number of thiazole rings is 1. The molecule has 1 aromatic carbocycles. The maximum atomic E-state index is 15.1. The number of hydrogen-bond acceptors (Lipinski definition) is 8. The molecule has 3 aromatic heterocycles. The number of benzene rings is 1. The summed E-state index contributed by atoms with van der Waals surface area (Å²) in [6.07, 6.45) is 3.83. The van der Waals surface area contributed by atoms with Crippen molar-refractivity contribution in [2.24, 2.45) is 5.41 Å². The number of fused-ring (bicyclic) bond motifs is 1. The number of nitriles is 1. The zero-order valence-corrected chi connectivity index (χ0v) is 21.2. The topological polar surface area (TPSA) is 106 Å². The fourth-order valence-corrected chi connectivity index (χ4v) is 6.34. The number of likely N-dealkylation sites (tertiary alicyclic amines) is 1. The summed E-state index contributed by atoms with van der Waals surface area (Å²) in [7, 11) is 0. The van der Waals surface area contributed by atoms with E-state index in [1.54, 1.807) is 34.8 Å². The van der Waals surface area contributed by atoms with Gasteiger partial charge in [-0.15, -0.1) is 11.3 Å². The van der Waals surface area contributed by atoms with Crippen LogP contribution in [0.4, 0.5) is 10.2 Å². The Labute approximate surface area is 222 Å². The van der Waals surface area contributed by atoms with Gasteiger partial charge in [0.05, 0.1) is 33.7 Å². The van der Waals surface area contributed by atoms with Crippen LogP contribution in [-0.4, -0.2) is 57.0 Å². The van der Waals surface area contributed by atoms with Crippen LogP contribution in [0.25, 0.3) is 32.6 Å². The lowest BCUT2D eigenvalue weighted by atomic mass is 9.79. The van der Waals surface area contributed by atoms with Gasteiger partial charge >= 0.3 is 0 Å². The molecule has 2 saturated heterocycles. The maximum Gasteiger partial charge on any atom is 0.245 e. The second kappa shape index (κ2) is 9.28. The number of amides is 1. The van der Waals surface area contributed by atoms with Crippen LogP contribution in [0.15, 0.2) is 54.7 Å². The molecule has 1 N–H and O–H groups in total. The second-order valence-corrected chi connectivity index (χ2v) is 10.6. The molecule has 6 rings (SSSR count). The van der Waals surface area contributed by atoms with E-state index in [9.17, 15) is 15.2 Å². The lowest BCUT2D eigenvalue weighted by molar-refractivity contribution is -0.136. The lowest BCUT2D eigenvalue weighted by Gasteiger charge is -2.47. The number of aliphatic hydroxyl groups is 1. The molecule has 1 amide bonds. The minimum atomic E-state index is -0.450. The molecule has 5 heterocycles. The summed E-state index contributed by atoms with van der Waals surface area (Å²) >= 11 is 1.39. The van der Waals surface area contributed by atoms with Crippen molar-refractivity contribution in [1.82, 2.24) is 19.9 Å². The number of rotatable bonds is 5. The Balaban J connectivity index is 1.50. The van der Waals surface area contributed by atoms with Gasteiger partial charge < -0.3 is 14.9 Å². The third-order valence-corrected chi connectivity index (χ3v) is 8.31. The molecule has 4 aromatic rings. The number of nitrogens with zero attached hydrogens (tertiary/aromatic N) is 6. The first-order valence-corrected chi connectivity index (χ1v) is 13.0. The van der Waals surface area contributed by atoms with Crippen molar-refractivity contribution < 1.29 is 14.3 Å². The molecule has 0 atom stereocenters. The van der Waals surface area contributed by atoms with Crippen molar-refractivity contribution in [1.29, 1.82) is 5.26 Å². The normalized spacial score (nSPS) is 16.0. The van der Waals surface area contributed by atoms with Gasteiger partial charge in [0.25, 0.3) is 0 Å². The molecule has 0 radical (unpaired) electrons. The first-order valence-electron chi connectivity index (χ1n) is 12.2. The van der Waals surface area contributed by atoms with E-state index >= 15 is 4.39 Å². The number of hydrogen-bond donors (Lipinski definition) is 1. The van der Waals surface area contributed by atoms with Gasteiger partial charge in [-0.05, 0) is 24.6 Å². The molecule has 0 unspecified atom stereocenters. The van der Waals surface area contributed by atoms with Gasteiger partial charge in [-0.3, -0.25) is 9.78 Å². The zero-order chi connectivity index (χ0) is 26.4. The van der Waals surface area contributed by atoms with Crippen LogP contribution in [0.5, 0.6) is 0 Å². The average Bonchev–Trinajstić information content (AvgIpc) is 3.59. The number of anilines is 1. The molecule has 190 valence electrons. The van der Waals surface area contributed by atoms with Gasteiger partial charge in [0.15, 0.2) is 0 Å². The van der Waals surface area contributed by atoms with Crippen molar-refractivity contribution in [3.05, 3.63) is 71.8 Å². The van der Waals surface area contributed by atoms with Crippen LogP contribution < -0.4 is 4.90 Å². The van der Waals surface area contributed by atoms with Gasteiger partial charge in [0, 0.05) is 54.5 Å². The fraction of sp³-hybridized carbons (Fsp3) is 0.250. The van der Waals surface area contributed by atoms with Crippen LogP contribution in [0.3, 0.4) is 0 Å². The first-order chi connectivity index (χ1) is 18.5. The Morgan fingerprint density at radius 3 is 2.84 bits per heavy atom. The highest BCUT2D eigenvalue weighted by Gasteiger charge is 2.49. The third kappa shape index (κ3) is 3.83. The predicted octanol–water partition coefficient (Wildman–Crippen LogP) is 4.15. The molecule has 38 heavy (non-hydrogen) atoms. The third-order valence-electron chi connectivity index (χ3n) is 7.39. The maximum absolute atomic E-state index is 15.1. The molecule has 8 nitrogen and oxygen atoms in total. The summed E-state index contributed by atoms with van der Waals surface area (Å²) < 4.78 is 15.1. The largest absolute Gasteiger partial charge is 0.390 e. The summed E-state index contributed by atoms with van der Waals surface area (Å²) in [6.45, 7) is 5.93. The molecule has 2 aliphatic rings. The summed E-state index contributed by atoms with van der Waals surface area (Å²) in [5.41, 5.74) is 4.78. The van der Waals surface area contributed by atoms with E-state index in [0.717, 1.165) is 16.9 Å². The van der Waals surface area contributed by atoms with E-state index in [1.807, 2.05) is 6.07 Å². The Morgan fingerprint density at radius 1 is 1.29 bits per heavy atom. The number of halogens is 1. The molecule has 0 saturated carbocycles. The van der Waals surface area contributed by atoms with Crippen LogP contribution in [0.1, 0.15) is 17.7 Å². The standard InChI is InChI=1S/C28H23FN6O2S/c1-2-23(37)35-14-28(15-35)7-8-34(13-28)27-19(10-30)24(18-5-3-4-6-20(18)29)25-21(33-27)9-17(11-31-25)26-22(12-36)32-16-38-26/h2-6,9,11,16,36H,1,7-8,12-15H2. The molecular weight excluding hydrogens is 503 g/mol. The minimum Gasteiger partial charge on any atom is -0.390 e. The van der Waals surface area contributed by atoms with Gasteiger partial charge in [0.1, 0.15) is 23.3 Å². The number of aromatic nitrogens is 3. The van der Waals surface area contributed by atoms with Crippen molar-refractivity contribution in [2.45, 2.75) is 13.0 Å². The van der Waals surface area contributed by atoms with Crippen LogP contribution in [0, 0.1) is 22.6 Å². The predicted molar refractivity (Wildman–Crippen MR) is 143 cm³/mol. The lowest BCUT2D eigenvalue weighted by Crippen LogP contribution is -2.59. The summed E-state index contributed by atoms with van der Waals surface area (Å²) in [5.74, 6) is -0.0514. The van der Waals surface area contributed by atoms with E-state index in [4.69, 9.17) is 4.98 Å². The molecule has 2 aliphatic heterocycles. The highest BCUT2D eigenvalue weighted by molar-refractivity contribution is 7.13. The van der Waals surface area contributed by atoms with Gasteiger partial charge in [0.2, 0.25) is 5.91 Å². The van der Waals surface area contributed by atoms with Crippen molar-refractivity contribution in [2.75, 3.05) is 31.1 Å². The van der Waals surface area contributed by atoms with Crippen LogP contribution in [0.2, 0.25) is 0 Å². The number of carbonyl (C=O) groups excluding carboxylic acids is 1. The highest BCUT2D eigenvalue weighted by Crippen LogP contribution is 2.44. The summed E-state index contributed by atoms with van der Waals surface area (Å²) in [4.78, 5) is 30.4. The van der Waals surface area contributed by atoms with Crippen molar-refractivity contribution >= 4 is 34.1 Å². The van der Waals surface area contributed by atoms with Crippen LogP contribution >= 0.6 is 11.3 Å². The molecule has 2 fully saturated rings. The number of aliphatic hydroxyl groups excluding tert-OH is 1. The Hall–Kier alpha value is -4.20. The fourth-order valence-electron chi connectivity index (χ4n) is 5.56. The van der Waals surface area contributed by atoms with Crippen molar-refractivity contribution in [3.8, 4) is 27.6 Å². The summed E-state index contributed by atoms with van der Waals surface area (Å²) in [5, 5.41) is 20.0. The molecule has 10 heteroatoms. The number of carbonyl (C=O) groups is 1. The Kier molecular flexibility index (Phi) is 5.90. The highest BCUT2D eigenvalue weighted by atomic mass is 32.1. The van der Waals surface area contributed by atoms with E-state index < -0.39 is 5.82 Å². The van der Waals surface area contributed by atoms with E-state index in [-0.39, 0.29) is 29.1 Å². The molecule has 0 aliphatic carbocycles. The van der Waals surface area contributed by atoms with Gasteiger partial charge in [-0.2, -0.15) is 5.26 Å². The van der Waals surface area contributed by atoms with Crippen LogP contribution in [-0.2, 0) is 11.4 Å². The van der Waals surface area contributed by atoms with E-state index in [0.29, 0.717) is 54.3 Å².